The van der Waals surface area contributed by atoms with Crippen molar-refractivity contribution in [2.24, 2.45) is 0 Å². The van der Waals surface area contributed by atoms with Crippen LogP contribution in [0.25, 0.3) is 12.2 Å². The fraction of sp³-hybridized carbons (Fsp3) is 0. The summed E-state index contributed by atoms with van der Waals surface area (Å²) in [6, 6.07) is 15.2. The number of aromatic carboxylic acids is 4. The van der Waals surface area contributed by atoms with Crippen molar-refractivity contribution >= 4 is 36.0 Å². The molecule has 0 atom stereocenters. The number of carboxylic acids is 4. The molecule has 0 aliphatic rings. The van der Waals surface area contributed by atoms with Crippen LogP contribution in [-0.4, -0.2) is 61.2 Å². The van der Waals surface area contributed by atoms with E-state index in [1.165, 1.54) is 23.3 Å². The van der Waals surface area contributed by atoms with E-state index in [1.807, 2.05) is 49.1 Å². The molecule has 0 aliphatic heterocycles. The Morgan fingerprint density at radius 1 is 0.477 bits per heavy atom. The molecule has 0 aliphatic carbocycles. The van der Waals surface area contributed by atoms with Crippen LogP contribution in [-0.2, 0) is 16.5 Å². The number of carbonyl (C=O) groups is 4. The molecule has 0 saturated carbocycles. The molecule has 0 fully saturated rings. The molecule has 0 bridgehead atoms. The number of hydrogen-bond donors (Lipinski definition) is 0. The van der Waals surface area contributed by atoms with Crippen LogP contribution in [0.1, 0.15) is 53.1 Å². The number of aromatic nitrogens is 4. The van der Waals surface area contributed by atoms with Gasteiger partial charge in [-0.05, 0) is 35.4 Å². The minimum atomic E-state index is -1.52. The smallest absolute Gasteiger partial charge is 0.543 e. The maximum atomic E-state index is 10.2. The van der Waals surface area contributed by atoms with Gasteiger partial charge < -0.3 is 67.0 Å². The van der Waals surface area contributed by atoms with E-state index < -0.39 is 46.7 Å². The molecule has 0 saturated heterocycles. The van der Waals surface area contributed by atoms with Gasteiger partial charge in [-0.3, -0.25) is 0 Å². The Labute approximate surface area is 258 Å². The Morgan fingerprint density at radius 2 is 0.705 bits per heavy atom. The maximum Gasteiger partial charge on any atom is 2.00 e. The zero-order valence-corrected chi connectivity index (χ0v) is 23.2. The van der Waals surface area contributed by atoms with E-state index in [4.69, 9.17) is 0 Å². The molecular weight excluding hydrogens is 635 g/mol. The van der Waals surface area contributed by atoms with Crippen molar-refractivity contribution in [1.82, 2.24) is 9.97 Å². The predicted molar refractivity (Wildman–Crippen MR) is 139 cm³/mol. The number of pyridine rings is 4. The summed E-state index contributed by atoms with van der Waals surface area (Å²) in [4.78, 5) is 53.2. The molecule has 44 heavy (non-hydrogen) atoms. The molecule has 17 nitrogen and oxygen atoms in total. The van der Waals surface area contributed by atoms with E-state index in [9.17, 15) is 39.6 Å². The van der Waals surface area contributed by atoms with Crippen molar-refractivity contribution in [2.75, 3.05) is 0 Å². The van der Waals surface area contributed by atoms with Crippen LogP contribution in [0.15, 0.2) is 85.5 Å². The molecule has 0 aromatic carbocycles. The quantitative estimate of drug-likeness (QED) is 0.175. The summed E-state index contributed by atoms with van der Waals surface area (Å²) >= 11 is 0. The van der Waals surface area contributed by atoms with Crippen LogP contribution in [0.2, 0.25) is 0 Å². The van der Waals surface area contributed by atoms with Crippen molar-refractivity contribution in [3.63, 3.8) is 0 Å². The first-order chi connectivity index (χ1) is 18.2. The first-order valence-corrected chi connectivity index (χ1v) is 10.6. The number of aromatic amines is 2. The molecule has 240 valence electrons. The minimum absolute atomic E-state index is 0. The van der Waals surface area contributed by atoms with Crippen molar-refractivity contribution in [2.45, 2.75) is 0 Å². The van der Waals surface area contributed by atoms with Gasteiger partial charge >= 0.3 is 16.5 Å². The summed E-state index contributed by atoms with van der Waals surface area (Å²) in [6.07, 6.45) is 11.8. The Balaban J connectivity index is -0.000000162. The number of rotatable bonds is 6. The molecule has 4 aromatic rings. The van der Waals surface area contributed by atoms with Gasteiger partial charge in [0.05, 0.1) is 46.7 Å². The van der Waals surface area contributed by atoms with E-state index in [2.05, 4.69) is 32.1 Å². The number of nitrogens with one attached hydrogen (secondary N) is 2. The summed E-state index contributed by atoms with van der Waals surface area (Å²) < 4.78 is 0. The average Bonchev–Trinajstić information content (AvgIpc) is 2.94. The standard InChI is InChI=1S/C12H10N2.2C7H5NO4.Ni.5H2O/c1(11-3-7-13-8-4-11)2-12-5-9-14-10-6-12;2*9-6(10)4-2-1-3-5(8-4)7(11)12;;;;;;/h1-10H;2*1-3H,(H,9,10)(H,11,12);;5*1H2/q;;;+2;;;;;/p-2/b2-1+;;;;;;;;. The zero-order chi connectivity index (χ0) is 27.9. The summed E-state index contributed by atoms with van der Waals surface area (Å²) in [6.45, 7) is 0. The van der Waals surface area contributed by atoms with Crippen molar-refractivity contribution < 1.29 is 93.4 Å². The minimum Gasteiger partial charge on any atom is -0.543 e. The summed E-state index contributed by atoms with van der Waals surface area (Å²) in [5.74, 6) is -6.06. The van der Waals surface area contributed by atoms with E-state index in [-0.39, 0.29) is 43.9 Å². The summed E-state index contributed by atoms with van der Waals surface area (Å²) in [7, 11) is 0. The van der Waals surface area contributed by atoms with Crippen LogP contribution in [0.4, 0.5) is 0 Å². The molecule has 4 aromatic heterocycles. The topological polar surface area (TPSA) is 372 Å². The monoisotopic (exact) mass is 662 g/mol. The fourth-order valence-corrected chi connectivity index (χ4v) is 2.54. The Hall–Kier alpha value is -5.49. The van der Waals surface area contributed by atoms with Gasteiger partial charge in [0, 0.05) is 24.3 Å². The molecule has 18 heteroatoms. The average molecular weight is 663 g/mol. The molecule has 4 rings (SSSR count). The van der Waals surface area contributed by atoms with Crippen LogP contribution in [0, 0.1) is 0 Å². The third-order valence-electron chi connectivity index (χ3n) is 4.29. The van der Waals surface area contributed by atoms with Gasteiger partial charge in [-0.25, -0.2) is 19.9 Å². The van der Waals surface area contributed by atoms with E-state index >= 15 is 0 Å². The first kappa shape index (κ1) is 48.3. The van der Waals surface area contributed by atoms with Crippen LogP contribution < -0.4 is 30.4 Å². The molecule has 4 heterocycles. The number of nitrogens with zero attached hydrogens (tertiary/aromatic N) is 2. The van der Waals surface area contributed by atoms with Crippen LogP contribution in [0.3, 0.4) is 0 Å². The third-order valence-corrected chi connectivity index (χ3v) is 4.29. The molecule has 0 radical (unpaired) electrons. The summed E-state index contributed by atoms with van der Waals surface area (Å²) in [5.41, 5.74) is 0.704. The van der Waals surface area contributed by atoms with Crippen molar-refractivity contribution in [3.05, 3.63) is 119 Å². The third kappa shape index (κ3) is 17.4. The Kier molecular flexibility index (Phi) is 27.7. The number of carboxylic acid groups (broad SMARTS) is 4. The van der Waals surface area contributed by atoms with Gasteiger partial charge in [0.2, 0.25) is 0 Å². The van der Waals surface area contributed by atoms with Crippen molar-refractivity contribution in [3.8, 4) is 0 Å². The molecular formula is C26H28N4NiO13. The summed E-state index contributed by atoms with van der Waals surface area (Å²) in [5, 5.41) is 40.8. The molecule has 0 spiro atoms. The van der Waals surface area contributed by atoms with Gasteiger partial charge in [0.25, 0.3) is 0 Å². The van der Waals surface area contributed by atoms with E-state index in [1.54, 1.807) is 0 Å². The van der Waals surface area contributed by atoms with E-state index in [0.29, 0.717) is 0 Å². The van der Waals surface area contributed by atoms with Crippen LogP contribution in [0.5, 0.6) is 0 Å². The molecule has 12 N–H and O–H groups in total. The zero-order valence-electron chi connectivity index (χ0n) is 22.2. The normalized spacial score (nSPS) is 8.45. The predicted octanol–water partition coefficient (Wildman–Crippen LogP) is -7.02. The Bertz CT molecular complexity index is 1280. The number of H-pyrrole nitrogens is 2. The fourth-order valence-electron chi connectivity index (χ4n) is 2.54. The molecule has 0 amide bonds. The maximum absolute atomic E-state index is 10.2. The second-order valence-corrected chi connectivity index (χ2v) is 6.97. The van der Waals surface area contributed by atoms with Crippen LogP contribution >= 0.6 is 0 Å². The van der Waals surface area contributed by atoms with Gasteiger partial charge in [-0.2, -0.15) is 0 Å². The number of hydrogen-bond acceptors (Lipinski definition) is 10. The Morgan fingerprint density at radius 3 is 0.909 bits per heavy atom. The second-order valence-electron chi connectivity index (χ2n) is 6.97. The van der Waals surface area contributed by atoms with Gasteiger partial charge in [-0.15, -0.1) is 0 Å². The number of carbonyl (C=O) groups excluding carboxylic acids is 4. The largest absolute Gasteiger partial charge is 2.00 e. The molecule has 0 unspecified atom stereocenters. The van der Waals surface area contributed by atoms with Gasteiger partial charge in [0.15, 0.2) is 24.8 Å². The van der Waals surface area contributed by atoms with E-state index in [0.717, 1.165) is 24.3 Å². The first-order valence-electron chi connectivity index (χ1n) is 10.6. The van der Waals surface area contributed by atoms with Gasteiger partial charge in [0.1, 0.15) is 0 Å². The van der Waals surface area contributed by atoms with Crippen molar-refractivity contribution in [1.29, 1.82) is 0 Å². The second kappa shape index (κ2) is 25.2. The van der Waals surface area contributed by atoms with Gasteiger partial charge in [-0.1, -0.05) is 24.3 Å². The SMILES string of the molecule is C(=C\c1cc[nH+]cc1)/c1cc[nH+]cc1.O.O.O.O.O.O=C([O-])c1cccc(C(=O)[O-])n1.O=C([O-])c1cccc(C(=O)[O-])n1.[Ni+2].